The molecule has 0 aliphatic carbocycles. The van der Waals surface area contributed by atoms with Crippen LogP contribution in [0.15, 0.2) is 48.5 Å². The van der Waals surface area contributed by atoms with Gasteiger partial charge in [0.15, 0.2) is 0 Å². The first-order valence-corrected chi connectivity index (χ1v) is 6.86. The Kier molecular flexibility index (Phi) is 4.72. The molecule has 0 saturated carbocycles. The molecule has 0 unspecified atom stereocenters. The van der Waals surface area contributed by atoms with Gasteiger partial charge in [0, 0.05) is 23.9 Å². The van der Waals surface area contributed by atoms with Crippen molar-refractivity contribution in [3.8, 4) is 0 Å². The molecule has 2 aromatic rings. The molecule has 4 heteroatoms. The van der Waals surface area contributed by atoms with Crippen molar-refractivity contribution in [3.05, 3.63) is 59.7 Å². The molecule has 2 rings (SSSR count). The Morgan fingerprint density at radius 3 is 2.29 bits per heavy atom. The molecule has 4 nitrogen and oxygen atoms in total. The highest BCUT2D eigenvalue weighted by Crippen LogP contribution is 2.14. The largest absolute Gasteiger partial charge is 0.326 e. The summed E-state index contributed by atoms with van der Waals surface area (Å²) in [5.41, 5.74) is 3.08. The summed E-state index contributed by atoms with van der Waals surface area (Å²) in [6.07, 6.45) is 0.965. The van der Waals surface area contributed by atoms with E-state index >= 15 is 0 Å². The van der Waals surface area contributed by atoms with Gasteiger partial charge >= 0.3 is 0 Å². The minimum absolute atomic E-state index is 0.164. The van der Waals surface area contributed by atoms with Crippen LogP contribution in [-0.2, 0) is 11.2 Å². The maximum Gasteiger partial charge on any atom is 0.255 e. The van der Waals surface area contributed by atoms with Crippen LogP contribution in [0.2, 0.25) is 0 Å². The quantitative estimate of drug-likeness (QED) is 0.902. The van der Waals surface area contributed by atoms with Crippen molar-refractivity contribution in [1.82, 2.24) is 0 Å². The number of aryl methyl sites for hydroxylation is 1. The van der Waals surface area contributed by atoms with Crippen LogP contribution < -0.4 is 10.6 Å². The second-order valence-electron chi connectivity index (χ2n) is 4.77. The third-order valence-corrected chi connectivity index (χ3v) is 3.07. The molecule has 0 bridgehead atoms. The summed E-state index contributed by atoms with van der Waals surface area (Å²) in [5.74, 6) is -0.367. The third-order valence-electron chi connectivity index (χ3n) is 3.07. The molecule has 0 spiro atoms. The van der Waals surface area contributed by atoms with Crippen molar-refractivity contribution >= 4 is 23.2 Å². The molecule has 0 radical (unpaired) electrons. The third kappa shape index (κ3) is 4.18. The Hall–Kier alpha value is -2.62. The normalized spacial score (nSPS) is 10.0. The lowest BCUT2D eigenvalue weighted by Gasteiger charge is -2.08. The Balaban J connectivity index is 2.10. The summed E-state index contributed by atoms with van der Waals surface area (Å²) in [6, 6.07) is 14.6. The maximum absolute atomic E-state index is 12.2. The number of nitrogens with one attached hydrogen (secondary N) is 2. The van der Waals surface area contributed by atoms with Crippen molar-refractivity contribution in [2.45, 2.75) is 20.3 Å². The maximum atomic E-state index is 12.2. The Labute approximate surface area is 124 Å². The van der Waals surface area contributed by atoms with Crippen LogP contribution in [0.4, 0.5) is 11.4 Å². The number of amides is 2. The van der Waals surface area contributed by atoms with Gasteiger partial charge in [0.1, 0.15) is 0 Å². The van der Waals surface area contributed by atoms with E-state index in [0.717, 1.165) is 12.1 Å². The smallest absolute Gasteiger partial charge is 0.255 e. The molecule has 2 N–H and O–H groups in total. The number of hydrogen-bond acceptors (Lipinski definition) is 2. The molecular formula is C17H18N2O2. The van der Waals surface area contributed by atoms with Crippen LogP contribution in [0.3, 0.4) is 0 Å². The van der Waals surface area contributed by atoms with Gasteiger partial charge in [0.05, 0.1) is 0 Å². The zero-order chi connectivity index (χ0) is 15.2. The molecule has 0 aliphatic rings. The second-order valence-corrected chi connectivity index (χ2v) is 4.77. The van der Waals surface area contributed by atoms with Gasteiger partial charge in [-0.3, -0.25) is 9.59 Å². The molecule has 0 aromatic heterocycles. The number of hydrogen-bond donors (Lipinski definition) is 2. The molecular weight excluding hydrogens is 264 g/mol. The molecule has 0 fully saturated rings. The van der Waals surface area contributed by atoms with Crippen molar-refractivity contribution in [3.63, 3.8) is 0 Å². The monoisotopic (exact) mass is 282 g/mol. The van der Waals surface area contributed by atoms with Gasteiger partial charge in [-0.15, -0.1) is 0 Å². The first-order valence-electron chi connectivity index (χ1n) is 6.86. The highest BCUT2D eigenvalue weighted by molar-refractivity contribution is 6.05. The highest BCUT2D eigenvalue weighted by atomic mass is 16.2. The molecule has 2 aromatic carbocycles. The summed E-state index contributed by atoms with van der Waals surface area (Å²) in [6.45, 7) is 3.52. The van der Waals surface area contributed by atoms with Crippen molar-refractivity contribution in [1.29, 1.82) is 0 Å². The summed E-state index contributed by atoms with van der Waals surface area (Å²) in [5, 5.41) is 5.50. The first kappa shape index (κ1) is 14.8. The van der Waals surface area contributed by atoms with Gasteiger partial charge in [-0.25, -0.2) is 0 Å². The van der Waals surface area contributed by atoms with E-state index in [2.05, 4.69) is 17.6 Å². The molecule has 0 aliphatic heterocycles. The minimum Gasteiger partial charge on any atom is -0.326 e. The van der Waals surface area contributed by atoms with E-state index in [9.17, 15) is 9.59 Å². The summed E-state index contributed by atoms with van der Waals surface area (Å²) in [4.78, 5) is 23.2. The van der Waals surface area contributed by atoms with Crippen LogP contribution in [0, 0.1) is 0 Å². The fraction of sp³-hybridized carbons (Fsp3) is 0.176. The highest BCUT2D eigenvalue weighted by Gasteiger charge is 2.07. The summed E-state index contributed by atoms with van der Waals surface area (Å²) < 4.78 is 0. The lowest BCUT2D eigenvalue weighted by molar-refractivity contribution is -0.114. The van der Waals surface area contributed by atoms with E-state index < -0.39 is 0 Å². The van der Waals surface area contributed by atoms with Crippen LogP contribution in [-0.4, -0.2) is 11.8 Å². The molecule has 0 atom stereocenters. The first-order chi connectivity index (χ1) is 10.1. The summed E-state index contributed by atoms with van der Waals surface area (Å²) >= 11 is 0. The predicted octanol–water partition coefficient (Wildman–Crippen LogP) is 3.46. The van der Waals surface area contributed by atoms with Crippen LogP contribution in [0.25, 0.3) is 0 Å². The van der Waals surface area contributed by atoms with E-state index in [0.29, 0.717) is 11.3 Å². The van der Waals surface area contributed by atoms with E-state index in [1.165, 1.54) is 12.5 Å². The van der Waals surface area contributed by atoms with Crippen molar-refractivity contribution < 1.29 is 9.59 Å². The van der Waals surface area contributed by atoms with Gasteiger partial charge in [-0.2, -0.15) is 0 Å². The Bertz CT molecular complexity index is 648. The Morgan fingerprint density at radius 1 is 0.952 bits per heavy atom. The fourth-order valence-corrected chi connectivity index (χ4v) is 1.97. The number of rotatable bonds is 4. The molecule has 0 heterocycles. The molecule has 108 valence electrons. The standard InChI is InChI=1S/C17H18N2O2/c1-3-13-7-9-15(10-8-13)19-17(21)14-5-4-6-16(11-14)18-12(2)20/h4-11H,3H2,1-2H3,(H,18,20)(H,19,21). The molecule has 2 amide bonds. The van der Waals surface area contributed by atoms with Crippen molar-refractivity contribution in [2.24, 2.45) is 0 Å². The predicted molar refractivity (Wildman–Crippen MR) is 84.5 cm³/mol. The zero-order valence-electron chi connectivity index (χ0n) is 12.1. The van der Waals surface area contributed by atoms with Crippen molar-refractivity contribution in [2.75, 3.05) is 10.6 Å². The van der Waals surface area contributed by atoms with Crippen LogP contribution >= 0.6 is 0 Å². The lowest BCUT2D eigenvalue weighted by Crippen LogP contribution is -2.13. The number of benzene rings is 2. The van der Waals surface area contributed by atoms with E-state index in [1.54, 1.807) is 24.3 Å². The second kappa shape index (κ2) is 6.70. The van der Waals surface area contributed by atoms with Crippen LogP contribution in [0.1, 0.15) is 29.8 Å². The zero-order valence-corrected chi connectivity index (χ0v) is 12.1. The van der Waals surface area contributed by atoms with Crippen LogP contribution in [0.5, 0.6) is 0 Å². The van der Waals surface area contributed by atoms with E-state index in [-0.39, 0.29) is 11.8 Å². The summed E-state index contributed by atoms with van der Waals surface area (Å²) in [7, 11) is 0. The van der Waals surface area contributed by atoms with E-state index in [1.807, 2.05) is 24.3 Å². The average Bonchev–Trinajstić information content (AvgIpc) is 2.47. The topological polar surface area (TPSA) is 58.2 Å². The average molecular weight is 282 g/mol. The number of carbonyl (C=O) groups excluding carboxylic acids is 2. The SMILES string of the molecule is CCc1ccc(NC(=O)c2cccc(NC(C)=O)c2)cc1. The Morgan fingerprint density at radius 2 is 1.67 bits per heavy atom. The minimum atomic E-state index is -0.202. The van der Waals surface area contributed by atoms with Gasteiger partial charge < -0.3 is 10.6 Å². The molecule has 0 saturated heterocycles. The van der Waals surface area contributed by atoms with Gasteiger partial charge in [0.2, 0.25) is 5.91 Å². The molecule has 21 heavy (non-hydrogen) atoms. The van der Waals surface area contributed by atoms with Gasteiger partial charge in [0.25, 0.3) is 5.91 Å². The lowest BCUT2D eigenvalue weighted by atomic mass is 10.1. The van der Waals surface area contributed by atoms with Gasteiger partial charge in [-0.05, 0) is 42.3 Å². The number of carbonyl (C=O) groups is 2. The van der Waals surface area contributed by atoms with E-state index in [4.69, 9.17) is 0 Å². The van der Waals surface area contributed by atoms with Gasteiger partial charge in [-0.1, -0.05) is 25.1 Å². The fourth-order valence-electron chi connectivity index (χ4n) is 1.97. The number of anilines is 2.